The fourth-order valence-corrected chi connectivity index (χ4v) is 6.72. The zero-order valence-corrected chi connectivity index (χ0v) is 27.7. The largest absolute Gasteiger partial charge is 0.493 e. The summed E-state index contributed by atoms with van der Waals surface area (Å²) >= 11 is 0. The fraction of sp³-hybridized carbons (Fsp3) is 0.472. The quantitative estimate of drug-likeness (QED) is 0.262. The molecule has 10 heteroatoms. The molecule has 244 valence electrons. The van der Waals surface area contributed by atoms with E-state index < -0.39 is 0 Å². The first-order valence-electron chi connectivity index (χ1n) is 16.2. The van der Waals surface area contributed by atoms with Crippen LogP contribution < -0.4 is 23.8 Å². The van der Waals surface area contributed by atoms with Gasteiger partial charge in [-0.2, -0.15) is 0 Å². The summed E-state index contributed by atoms with van der Waals surface area (Å²) in [6, 6.07) is 7.60. The number of hydrogen-bond donors (Lipinski definition) is 0. The average Bonchev–Trinajstić information content (AvgIpc) is 3.55. The van der Waals surface area contributed by atoms with Crippen molar-refractivity contribution in [3.63, 3.8) is 0 Å². The number of aliphatic imine (C=N–C) groups is 1. The van der Waals surface area contributed by atoms with E-state index in [2.05, 4.69) is 30.7 Å². The Morgan fingerprint density at radius 2 is 1.39 bits per heavy atom. The third-order valence-corrected chi connectivity index (χ3v) is 9.08. The molecule has 2 atom stereocenters. The van der Waals surface area contributed by atoms with Crippen molar-refractivity contribution in [1.82, 2.24) is 9.80 Å². The van der Waals surface area contributed by atoms with E-state index >= 15 is 0 Å². The van der Waals surface area contributed by atoms with E-state index in [0.717, 1.165) is 49.9 Å². The number of methoxy groups -OCH3 is 2. The third-order valence-electron chi connectivity index (χ3n) is 9.08. The van der Waals surface area contributed by atoms with E-state index in [1.54, 1.807) is 31.3 Å². The predicted octanol–water partition coefficient (Wildman–Crippen LogP) is 6.51. The number of nitrogens with zero attached hydrogens (tertiary/aromatic N) is 4. The van der Waals surface area contributed by atoms with E-state index in [1.807, 2.05) is 42.6 Å². The molecule has 10 nitrogen and oxygen atoms in total. The minimum absolute atomic E-state index is 0.00180. The van der Waals surface area contributed by atoms with Gasteiger partial charge >= 0.3 is 0 Å². The van der Waals surface area contributed by atoms with Crippen molar-refractivity contribution in [3.8, 4) is 23.0 Å². The van der Waals surface area contributed by atoms with Gasteiger partial charge < -0.3 is 33.6 Å². The molecule has 2 aromatic carbocycles. The van der Waals surface area contributed by atoms with Crippen LogP contribution in [0.5, 0.6) is 23.0 Å². The van der Waals surface area contributed by atoms with Crippen LogP contribution in [-0.2, 0) is 0 Å². The average molecular weight is 629 g/mol. The summed E-state index contributed by atoms with van der Waals surface area (Å²) in [5.74, 6) is 2.20. The number of benzene rings is 2. The van der Waals surface area contributed by atoms with Crippen LogP contribution in [0.3, 0.4) is 0 Å². The van der Waals surface area contributed by atoms with Gasteiger partial charge in [-0.3, -0.25) is 14.6 Å². The number of ether oxygens (including phenoxy) is 4. The van der Waals surface area contributed by atoms with Crippen molar-refractivity contribution in [3.05, 3.63) is 58.9 Å². The zero-order valence-electron chi connectivity index (χ0n) is 27.7. The van der Waals surface area contributed by atoms with Crippen LogP contribution in [-0.4, -0.2) is 79.9 Å². The second kappa shape index (κ2) is 13.1. The number of rotatable bonds is 11. The van der Waals surface area contributed by atoms with E-state index in [-0.39, 0.29) is 29.9 Å². The Kier molecular flexibility index (Phi) is 8.97. The lowest BCUT2D eigenvalue weighted by Crippen LogP contribution is -2.41. The summed E-state index contributed by atoms with van der Waals surface area (Å²) in [4.78, 5) is 37.3. The number of carbonyl (C=O) groups is 2. The van der Waals surface area contributed by atoms with Gasteiger partial charge in [0.05, 0.1) is 62.0 Å². The Bertz CT molecular complexity index is 1610. The van der Waals surface area contributed by atoms with Crippen LogP contribution in [0.4, 0.5) is 11.4 Å². The second-order valence-electron chi connectivity index (χ2n) is 12.8. The van der Waals surface area contributed by atoms with Crippen molar-refractivity contribution in [2.75, 3.05) is 38.9 Å². The summed E-state index contributed by atoms with van der Waals surface area (Å²) in [6.07, 6.45) is 9.92. The molecule has 0 N–H and O–H groups in total. The Balaban J connectivity index is 1.05. The number of unbranched alkanes of at least 4 members (excludes halogenated alkanes) is 2. The van der Waals surface area contributed by atoms with Gasteiger partial charge in [0, 0.05) is 43.3 Å². The summed E-state index contributed by atoms with van der Waals surface area (Å²) in [5.41, 5.74) is 5.00. The summed E-state index contributed by atoms with van der Waals surface area (Å²) < 4.78 is 23.6. The predicted molar refractivity (Wildman–Crippen MR) is 178 cm³/mol. The Morgan fingerprint density at radius 1 is 0.783 bits per heavy atom. The van der Waals surface area contributed by atoms with Gasteiger partial charge in [-0.15, -0.1) is 0 Å². The van der Waals surface area contributed by atoms with E-state index in [9.17, 15) is 9.59 Å². The van der Waals surface area contributed by atoms with Crippen molar-refractivity contribution in [2.24, 2.45) is 4.99 Å². The highest BCUT2D eigenvalue weighted by Gasteiger charge is 2.37. The molecule has 4 aliphatic heterocycles. The highest BCUT2D eigenvalue weighted by molar-refractivity contribution is 6.04. The number of anilines is 1. The molecule has 2 aromatic rings. The highest BCUT2D eigenvalue weighted by Crippen LogP contribution is 2.41. The minimum atomic E-state index is -0.0820. The number of fused-ring (bicyclic) bond motifs is 4. The Morgan fingerprint density at radius 3 is 2.07 bits per heavy atom. The molecular formula is C36H44N4O6. The lowest BCUT2D eigenvalue weighted by atomic mass is 10.1. The van der Waals surface area contributed by atoms with Crippen molar-refractivity contribution in [1.29, 1.82) is 0 Å². The van der Waals surface area contributed by atoms with Gasteiger partial charge in [0.2, 0.25) is 0 Å². The molecule has 0 bridgehead atoms. The first kappa shape index (κ1) is 31.5. The van der Waals surface area contributed by atoms with Crippen LogP contribution in [0, 0.1) is 0 Å². The minimum Gasteiger partial charge on any atom is -0.493 e. The molecule has 0 aromatic heterocycles. The van der Waals surface area contributed by atoms with Gasteiger partial charge in [0.15, 0.2) is 23.0 Å². The normalized spacial score (nSPS) is 20.0. The van der Waals surface area contributed by atoms with Crippen LogP contribution in [0.15, 0.2) is 52.8 Å². The van der Waals surface area contributed by atoms with Crippen LogP contribution in [0.2, 0.25) is 0 Å². The molecule has 4 heterocycles. The van der Waals surface area contributed by atoms with Crippen LogP contribution in [0.1, 0.15) is 80.5 Å². The van der Waals surface area contributed by atoms with Gasteiger partial charge in [-0.1, -0.05) is 11.1 Å². The summed E-state index contributed by atoms with van der Waals surface area (Å²) in [7, 11) is 3.18. The topological polar surface area (TPSA) is 93.1 Å². The molecular weight excluding hydrogens is 584 g/mol. The van der Waals surface area contributed by atoms with Crippen LogP contribution >= 0.6 is 0 Å². The van der Waals surface area contributed by atoms with Gasteiger partial charge in [0.1, 0.15) is 0 Å². The van der Waals surface area contributed by atoms with Crippen molar-refractivity contribution >= 4 is 29.4 Å². The first-order chi connectivity index (χ1) is 22.2. The number of hydrogen-bond acceptors (Lipinski definition) is 8. The van der Waals surface area contributed by atoms with Gasteiger partial charge in [-0.05, 0) is 71.9 Å². The van der Waals surface area contributed by atoms with Crippen molar-refractivity contribution in [2.45, 2.75) is 77.9 Å². The van der Waals surface area contributed by atoms with Crippen molar-refractivity contribution < 1.29 is 28.5 Å². The SMILES string of the molecule is COc1cc2c(cc1OCCCCCOc1cc3c(cc1OC)C(=O)N1C=C(C)C[C@H]1CN3C(C)C)N=C[C@@H]1CC(C)=CN1C2=O. The van der Waals surface area contributed by atoms with Crippen LogP contribution in [0.25, 0.3) is 0 Å². The molecule has 0 radical (unpaired) electrons. The lowest BCUT2D eigenvalue weighted by molar-refractivity contribution is 0.0792. The molecule has 0 aliphatic carbocycles. The van der Waals surface area contributed by atoms with E-state index in [1.165, 1.54) is 5.57 Å². The monoisotopic (exact) mass is 628 g/mol. The Labute approximate surface area is 271 Å². The molecule has 6 rings (SSSR count). The third kappa shape index (κ3) is 6.04. The number of amides is 2. The van der Waals surface area contributed by atoms with Gasteiger partial charge in [-0.25, -0.2) is 0 Å². The second-order valence-corrected chi connectivity index (χ2v) is 12.8. The van der Waals surface area contributed by atoms with E-state index in [4.69, 9.17) is 18.9 Å². The lowest BCUT2D eigenvalue weighted by Gasteiger charge is -2.31. The van der Waals surface area contributed by atoms with E-state index in [0.29, 0.717) is 53.0 Å². The molecule has 0 saturated heterocycles. The maximum absolute atomic E-state index is 13.6. The smallest absolute Gasteiger partial charge is 0.260 e. The maximum atomic E-state index is 13.6. The molecule has 2 amide bonds. The Hall–Kier alpha value is -4.47. The summed E-state index contributed by atoms with van der Waals surface area (Å²) in [6.45, 7) is 10.2. The highest BCUT2D eigenvalue weighted by atomic mass is 16.5. The first-order valence-corrected chi connectivity index (χ1v) is 16.2. The standard InChI is InChI=1S/C36H44N4O6/c1-22(2)38-21-26-13-24(4)20-40(26)36(42)28-15-32(44-6)34(17-30(28)38)46-11-9-7-8-10-45-33-16-29-27(14-31(33)43-5)35(41)39-19-23(3)12-25(39)18-37-29/h14-20,22,25-26H,7-13,21H2,1-6H3/t25-,26-/m0/s1. The van der Waals surface area contributed by atoms with Gasteiger partial charge in [0.25, 0.3) is 11.8 Å². The molecule has 0 saturated carbocycles. The number of carbonyl (C=O) groups excluding carboxylic acids is 2. The zero-order chi connectivity index (χ0) is 32.5. The maximum Gasteiger partial charge on any atom is 0.260 e. The molecule has 0 fully saturated rings. The molecule has 0 unspecified atom stereocenters. The molecule has 46 heavy (non-hydrogen) atoms. The molecule has 4 aliphatic rings. The fourth-order valence-electron chi connectivity index (χ4n) is 6.72. The molecule has 0 spiro atoms. The summed E-state index contributed by atoms with van der Waals surface area (Å²) in [5, 5.41) is 0.